The Labute approximate surface area is 77.2 Å². The first-order chi connectivity index (χ1) is 6.27. The highest BCUT2D eigenvalue weighted by atomic mass is 16.6. The summed E-state index contributed by atoms with van der Waals surface area (Å²) < 4.78 is 9.85. The van der Waals surface area contributed by atoms with Crippen LogP contribution in [0.3, 0.4) is 0 Å². The van der Waals surface area contributed by atoms with Crippen LogP contribution in [0, 0.1) is 0 Å². The van der Waals surface area contributed by atoms with Crippen molar-refractivity contribution < 1.29 is 19.4 Å². The zero-order chi connectivity index (χ0) is 9.68. The third-order valence-corrected chi connectivity index (χ3v) is 2.05. The van der Waals surface area contributed by atoms with Crippen molar-refractivity contribution >= 4 is 6.09 Å². The number of hydrogen-bond donors (Lipinski definition) is 1. The van der Waals surface area contributed by atoms with Gasteiger partial charge in [0.05, 0.1) is 19.3 Å². The number of hydrogen-bond acceptors (Lipinski definition) is 4. The van der Waals surface area contributed by atoms with Crippen LogP contribution < -0.4 is 0 Å². The van der Waals surface area contributed by atoms with Gasteiger partial charge in [0, 0.05) is 13.7 Å². The number of ether oxygens (including phenoxy) is 2. The van der Waals surface area contributed by atoms with Crippen molar-refractivity contribution in [3.8, 4) is 0 Å². The third-order valence-electron chi connectivity index (χ3n) is 2.05. The molecule has 1 saturated heterocycles. The van der Waals surface area contributed by atoms with Gasteiger partial charge in [0.1, 0.15) is 6.61 Å². The van der Waals surface area contributed by atoms with Crippen LogP contribution in [0.2, 0.25) is 0 Å². The van der Waals surface area contributed by atoms with Crippen molar-refractivity contribution in [1.29, 1.82) is 0 Å². The van der Waals surface area contributed by atoms with Gasteiger partial charge in [0.25, 0.3) is 0 Å². The van der Waals surface area contributed by atoms with Crippen molar-refractivity contribution in [3.05, 3.63) is 0 Å². The lowest BCUT2D eigenvalue weighted by Crippen LogP contribution is -2.31. The predicted octanol–water partition coefficient (Wildman–Crippen LogP) is -0.164. The molecular weight excluding hydrogens is 174 g/mol. The maximum atomic E-state index is 11.2. The minimum Gasteiger partial charge on any atom is -0.447 e. The minimum atomic E-state index is -0.367. The molecule has 5 nitrogen and oxygen atoms in total. The van der Waals surface area contributed by atoms with E-state index < -0.39 is 0 Å². The number of carbonyl (C=O) groups is 1. The summed E-state index contributed by atoms with van der Waals surface area (Å²) in [5.41, 5.74) is 0. The van der Waals surface area contributed by atoms with Crippen LogP contribution >= 0.6 is 0 Å². The summed E-state index contributed by atoms with van der Waals surface area (Å²) in [6.07, 6.45) is 0.611. The van der Waals surface area contributed by atoms with Gasteiger partial charge in [-0.1, -0.05) is 0 Å². The molecule has 0 aliphatic carbocycles. The Morgan fingerprint density at radius 2 is 2.46 bits per heavy atom. The van der Waals surface area contributed by atoms with Gasteiger partial charge in [-0.3, -0.25) is 0 Å². The van der Waals surface area contributed by atoms with Gasteiger partial charge in [-0.05, 0) is 6.42 Å². The first-order valence-electron chi connectivity index (χ1n) is 4.33. The molecule has 0 bridgehead atoms. The van der Waals surface area contributed by atoms with Crippen molar-refractivity contribution in [2.75, 3.05) is 33.4 Å². The molecule has 0 saturated carbocycles. The highest BCUT2D eigenvalue weighted by Gasteiger charge is 2.26. The number of methoxy groups -OCH3 is 1. The Balaban J connectivity index is 2.25. The number of likely N-dealkylation sites (tertiary alicyclic amines) is 1. The highest BCUT2D eigenvalue weighted by Crippen LogP contribution is 2.12. The summed E-state index contributed by atoms with van der Waals surface area (Å²) >= 11 is 0. The quantitative estimate of drug-likeness (QED) is 0.670. The fraction of sp³-hybridized carbons (Fsp3) is 0.875. The van der Waals surface area contributed by atoms with Gasteiger partial charge in [-0.15, -0.1) is 0 Å². The molecule has 1 amide bonds. The molecule has 1 N–H and O–H groups in total. The Bertz CT molecular complexity index is 174. The van der Waals surface area contributed by atoms with Gasteiger partial charge in [-0.25, -0.2) is 4.79 Å². The zero-order valence-electron chi connectivity index (χ0n) is 7.73. The molecule has 76 valence electrons. The summed E-state index contributed by atoms with van der Waals surface area (Å²) in [5, 5.41) is 8.44. The summed E-state index contributed by atoms with van der Waals surface area (Å²) in [4.78, 5) is 12.8. The first kappa shape index (κ1) is 10.3. The fourth-order valence-electron chi connectivity index (χ4n) is 1.31. The molecule has 1 atom stereocenters. The van der Waals surface area contributed by atoms with Crippen LogP contribution in [0.4, 0.5) is 4.79 Å². The maximum Gasteiger partial charge on any atom is 0.409 e. The van der Waals surface area contributed by atoms with Crippen LogP contribution in [0.1, 0.15) is 6.42 Å². The molecule has 1 heterocycles. The number of aliphatic hydroxyl groups is 1. The van der Waals surface area contributed by atoms with Crippen molar-refractivity contribution in [1.82, 2.24) is 4.90 Å². The molecule has 0 aromatic heterocycles. The number of nitrogens with zero attached hydrogens (tertiary/aromatic N) is 1. The van der Waals surface area contributed by atoms with E-state index in [0.29, 0.717) is 13.1 Å². The highest BCUT2D eigenvalue weighted by molar-refractivity contribution is 5.68. The lowest BCUT2D eigenvalue weighted by molar-refractivity contribution is 0.0775. The molecule has 0 aromatic rings. The third kappa shape index (κ3) is 2.86. The Morgan fingerprint density at radius 3 is 3.00 bits per heavy atom. The number of aliphatic hydroxyl groups excluding tert-OH is 1. The SMILES string of the molecule is COC1CCN(C(=O)OCCO)C1. The molecule has 1 rings (SSSR count). The van der Waals surface area contributed by atoms with E-state index in [1.54, 1.807) is 12.0 Å². The van der Waals surface area contributed by atoms with E-state index in [0.717, 1.165) is 6.42 Å². The molecule has 13 heavy (non-hydrogen) atoms. The Morgan fingerprint density at radius 1 is 1.69 bits per heavy atom. The smallest absolute Gasteiger partial charge is 0.409 e. The Kier molecular flexibility index (Phi) is 3.98. The lowest BCUT2D eigenvalue weighted by atomic mass is 10.3. The number of carbonyl (C=O) groups excluding carboxylic acids is 1. The molecule has 0 radical (unpaired) electrons. The predicted molar refractivity (Wildman–Crippen MR) is 45.4 cm³/mol. The lowest BCUT2D eigenvalue weighted by Gasteiger charge is -2.15. The molecule has 1 fully saturated rings. The number of rotatable bonds is 3. The average molecular weight is 189 g/mol. The van der Waals surface area contributed by atoms with E-state index in [1.807, 2.05) is 0 Å². The molecule has 0 aromatic carbocycles. The molecular formula is C8H15NO4. The standard InChI is InChI=1S/C8H15NO4/c1-12-7-2-3-9(6-7)8(11)13-5-4-10/h7,10H,2-6H2,1H3. The summed E-state index contributed by atoms with van der Waals surface area (Å²) in [5.74, 6) is 0. The second-order valence-electron chi connectivity index (χ2n) is 2.93. The summed E-state index contributed by atoms with van der Waals surface area (Å²) in [6.45, 7) is 1.18. The van der Waals surface area contributed by atoms with Crippen molar-refractivity contribution in [2.45, 2.75) is 12.5 Å². The second-order valence-corrected chi connectivity index (χ2v) is 2.93. The van der Waals surface area contributed by atoms with Gasteiger partial charge >= 0.3 is 6.09 Å². The number of amides is 1. The van der Waals surface area contributed by atoms with Crippen LogP contribution in [0.5, 0.6) is 0 Å². The van der Waals surface area contributed by atoms with Gasteiger partial charge in [0.2, 0.25) is 0 Å². The van der Waals surface area contributed by atoms with E-state index in [1.165, 1.54) is 0 Å². The van der Waals surface area contributed by atoms with Crippen molar-refractivity contribution in [2.24, 2.45) is 0 Å². The van der Waals surface area contributed by atoms with Crippen LogP contribution in [-0.4, -0.2) is 55.6 Å². The second kappa shape index (κ2) is 5.04. The topological polar surface area (TPSA) is 59.0 Å². The zero-order valence-corrected chi connectivity index (χ0v) is 7.73. The van der Waals surface area contributed by atoms with Crippen LogP contribution in [0.25, 0.3) is 0 Å². The summed E-state index contributed by atoms with van der Waals surface area (Å²) in [6, 6.07) is 0. The largest absolute Gasteiger partial charge is 0.447 e. The molecule has 0 spiro atoms. The van der Waals surface area contributed by atoms with E-state index >= 15 is 0 Å². The van der Waals surface area contributed by atoms with Crippen LogP contribution in [-0.2, 0) is 9.47 Å². The van der Waals surface area contributed by atoms with Crippen LogP contribution in [0.15, 0.2) is 0 Å². The van der Waals surface area contributed by atoms with Gasteiger partial charge in [-0.2, -0.15) is 0 Å². The van der Waals surface area contributed by atoms with E-state index in [-0.39, 0.29) is 25.4 Å². The van der Waals surface area contributed by atoms with Gasteiger partial charge in [0.15, 0.2) is 0 Å². The van der Waals surface area contributed by atoms with Crippen molar-refractivity contribution in [3.63, 3.8) is 0 Å². The summed E-state index contributed by atoms with van der Waals surface area (Å²) in [7, 11) is 1.63. The molecule has 1 aliphatic heterocycles. The minimum absolute atomic E-state index is 0.0625. The van der Waals surface area contributed by atoms with Gasteiger partial charge < -0.3 is 19.5 Å². The van der Waals surface area contributed by atoms with E-state index in [9.17, 15) is 4.79 Å². The maximum absolute atomic E-state index is 11.2. The molecule has 1 aliphatic rings. The van der Waals surface area contributed by atoms with E-state index in [2.05, 4.69) is 0 Å². The first-order valence-corrected chi connectivity index (χ1v) is 4.33. The Hall–Kier alpha value is -0.810. The molecule has 1 unspecified atom stereocenters. The van der Waals surface area contributed by atoms with E-state index in [4.69, 9.17) is 14.6 Å². The molecule has 5 heteroatoms. The fourth-order valence-corrected chi connectivity index (χ4v) is 1.31. The average Bonchev–Trinajstić information content (AvgIpc) is 2.62. The normalized spacial score (nSPS) is 22.0. The monoisotopic (exact) mass is 189 g/mol.